The minimum atomic E-state index is -1.26. The SMILES string of the molecule is Cn1c[n+]([C@@H]2O[C@H](CO)[C@H](O)[C@@H]2O)c2n[13c](N)[nH]c(=O)c21. The number of hydrogen-bond donors (Lipinski definition) is 5. The minimum Gasteiger partial charge on any atom is -0.394 e. The molecule has 1 saturated heterocycles. The summed E-state index contributed by atoms with van der Waals surface area (Å²) in [6.45, 7) is -0.434. The van der Waals surface area contributed by atoms with Crippen LogP contribution in [0.2, 0.25) is 0 Å². The summed E-state index contributed by atoms with van der Waals surface area (Å²) in [6, 6.07) is 0. The molecular weight excluding hydrogens is 283 g/mol. The lowest BCUT2D eigenvalue weighted by Gasteiger charge is -2.11. The van der Waals surface area contributed by atoms with Gasteiger partial charge in [0.15, 0.2) is 6.33 Å². The summed E-state index contributed by atoms with van der Waals surface area (Å²) in [7, 11) is 1.63. The molecule has 0 bridgehead atoms. The summed E-state index contributed by atoms with van der Waals surface area (Å²) in [6.07, 6.45) is -2.88. The Kier molecular flexibility index (Phi) is 3.17. The molecule has 10 heteroatoms. The van der Waals surface area contributed by atoms with Gasteiger partial charge in [-0.3, -0.25) is 14.3 Å². The number of rotatable bonds is 2. The van der Waals surface area contributed by atoms with Crippen LogP contribution >= 0.6 is 0 Å². The van der Waals surface area contributed by atoms with Gasteiger partial charge in [0.25, 0.3) is 11.5 Å². The van der Waals surface area contributed by atoms with Gasteiger partial charge >= 0.3 is 5.65 Å². The van der Waals surface area contributed by atoms with Crippen LogP contribution in [0.1, 0.15) is 6.23 Å². The number of nitrogens with one attached hydrogen (secondary N) is 1. The average Bonchev–Trinajstić information content (AvgIpc) is 2.89. The Morgan fingerprint density at radius 1 is 1.52 bits per heavy atom. The van der Waals surface area contributed by atoms with Crippen molar-refractivity contribution in [1.29, 1.82) is 0 Å². The van der Waals surface area contributed by atoms with Crippen LogP contribution in [0.5, 0.6) is 0 Å². The number of nitrogen functional groups attached to an aromatic ring is 1. The molecule has 0 spiro atoms. The zero-order valence-corrected chi connectivity index (χ0v) is 11.2. The van der Waals surface area contributed by atoms with Gasteiger partial charge in [0.1, 0.15) is 18.3 Å². The van der Waals surface area contributed by atoms with E-state index in [1.54, 1.807) is 7.05 Å². The standard InChI is InChI=1S/C11H15N5O5/c1-15-3-16(8-5(15)9(20)14-11(12)13-8)10-7(19)6(18)4(2-17)21-10/h3-4,6-7,10,17-19H,2H2,1H3,(H2-,12,13,14,20)/p+1/t4-,6+,7+,10-/m1/s1/i11+1. The van der Waals surface area contributed by atoms with E-state index in [1.807, 2.05) is 0 Å². The maximum absolute atomic E-state index is 11.9. The van der Waals surface area contributed by atoms with E-state index in [-0.39, 0.29) is 17.1 Å². The maximum atomic E-state index is 11.9. The Labute approximate surface area is 118 Å². The molecule has 0 unspecified atom stereocenters. The highest BCUT2D eigenvalue weighted by Gasteiger charge is 2.46. The molecule has 6 N–H and O–H groups in total. The first-order chi connectivity index (χ1) is 9.93. The van der Waals surface area contributed by atoms with Gasteiger partial charge in [-0.25, -0.2) is 4.57 Å². The number of nitrogens with zero attached hydrogens (tertiary/aromatic N) is 3. The summed E-state index contributed by atoms with van der Waals surface area (Å²) in [5, 5.41) is 29.0. The monoisotopic (exact) mass is 299 g/mol. The van der Waals surface area contributed by atoms with E-state index in [1.165, 1.54) is 15.5 Å². The van der Waals surface area contributed by atoms with E-state index in [4.69, 9.17) is 15.6 Å². The van der Waals surface area contributed by atoms with E-state index >= 15 is 0 Å². The first kappa shape index (κ1) is 13.9. The predicted octanol–water partition coefficient (Wildman–Crippen LogP) is -3.26. The van der Waals surface area contributed by atoms with Gasteiger partial charge in [-0.05, 0) is 0 Å². The van der Waals surface area contributed by atoms with Crippen LogP contribution in [0.4, 0.5) is 5.95 Å². The molecule has 1 aliphatic heterocycles. The van der Waals surface area contributed by atoms with Crippen molar-refractivity contribution in [3.05, 3.63) is 16.7 Å². The topological polar surface area (TPSA) is 150 Å². The molecule has 2 aromatic rings. The number of anilines is 1. The van der Waals surface area contributed by atoms with Gasteiger partial charge < -0.3 is 25.8 Å². The maximum Gasteiger partial charge on any atom is 0.313 e. The van der Waals surface area contributed by atoms with Crippen LogP contribution in [-0.2, 0) is 11.8 Å². The number of aromatic amines is 1. The minimum absolute atomic E-state index is 0.0702. The second-order valence-electron chi connectivity index (χ2n) is 4.99. The van der Waals surface area contributed by atoms with Crippen LogP contribution in [0.3, 0.4) is 0 Å². The number of hydrogen-bond acceptors (Lipinski definition) is 7. The van der Waals surface area contributed by atoms with E-state index in [0.717, 1.165) is 0 Å². The van der Waals surface area contributed by atoms with Gasteiger partial charge in [0.05, 0.1) is 13.7 Å². The average molecular weight is 299 g/mol. The number of fused-ring (bicyclic) bond motifs is 1. The van der Waals surface area contributed by atoms with Crippen molar-refractivity contribution in [2.45, 2.75) is 24.5 Å². The molecule has 3 rings (SSSR count). The molecule has 0 aliphatic carbocycles. The number of aryl methyl sites for hydroxylation is 1. The van der Waals surface area contributed by atoms with Crippen molar-refractivity contribution in [2.24, 2.45) is 7.05 Å². The van der Waals surface area contributed by atoms with Crippen molar-refractivity contribution in [1.82, 2.24) is 14.5 Å². The lowest BCUT2D eigenvalue weighted by molar-refractivity contribution is -0.745. The lowest BCUT2D eigenvalue weighted by Crippen LogP contribution is -2.46. The van der Waals surface area contributed by atoms with Crippen LogP contribution in [0, 0.1) is 0 Å². The second kappa shape index (κ2) is 4.77. The highest BCUT2D eigenvalue weighted by atomic mass is 16.6. The summed E-state index contributed by atoms with van der Waals surface area (Å²) >= 11 is 0. The smallest absolute Gasteiger partial charge is 0.313 e. The molecule has 10 nitrogen and oxygen atoms in total. The molecule has 3 heterocycles. The summed E-state index contributed by atoms with van der Waals surface area (Å²) in [5.74, 6) is -0.0702. The molecule has 0 aromatic carbocycles. The second-order valence-corrected chi connectivity index (χ2v) is 4.99. The number of aromatic nitrogens is 4. The zero-order valence-electron chi connectivity index (χ0n) is 11.2. The van der Waals surface area contributed by atoms with Crippen LogP contribution in [0.25, 0.3) is 11.2 Å². The third-order valence-electron chi connectivity index (χ3n) is 3.58. The Hall–Kier alpha value is -2.01. The van der Waals surface area contributed by atoms with Gasteiger partial charge in [0.2, 0.25) is 11.7 Å². The molecule has 4 atom stereocenters. The highest BCUT2D eigenvalue weighted by molar-refractivity contribution is 5.67. The van der Waals surface area contributed by atoms with Gasteiger partial charge in [-0.15, -0.1) is 0 Å². The number of imidazole rings is 1. The predicted molar refractivity (Wildman–Crippen MR) is 69.0 cm³/mol. The molecule has 1 fully saturated rings. The summed E-state index contributed by atoms with van der Waals surface area (Å²) in [4.78, 5) is 18.3. The van der Waals surface area contributed by atoms with Gasteiger partial charge in [-0.1, -0.05) is 4.98 Å². The molecular formula is C11H16N5O5+. The third-order valence-corrected chi connectivity index (χ3v) is 3.58. The third kappa shape index (κ3) is 2.00. The number of aliphatic hydroxyl groups is 3. The van der Waals surface area contributed by atoms with Crippen molar-refractivity contribution in [3.8, 4) is 0 Å². The number of H-pyrrole nitrogens is 1. The van der Waals surface area contributed by atoms with E-state index in [9.17, 15) is 15.0 Å². The fourth-order valence-corrected chi connectivity index (χ4v) is 2.57. The van der Waals surface area contributed by atoms with Crippen molar-refractivity contribution >= 4 is 17.1 Å². The lowest BCUT2D eigenvalue weighted by atomic mass is 10.1. The highest BCUT2D eigenvalue weighted by Crippen LogP contribution is 2.26. The Morgan fingerprint density at radius 2 is 2.24 bits per heavy atom. The molecule has 114 valence electrons. The van der Waals surface area contributed by atoms with Crippen molar-refractivity contribution in [2.75, 3.05) is 12.3 Å². The molecule has 0 radical (unpaired) electrons. The largest absolute Gasteiger partial charge is 0.394 e. The first-order valence-electron chi connectivity index (χ1n) is 6.32. The fraction of sp³-hybridized carbons (Fsp3) is 0.545. The number of nitrogens with two attached hydrogens (primary N) is 1. The van der Waals surface area contributed by atoms with E-state index < -0.39 is 36.7 Å². The van der Waals surface area contributed by atoms with E-state index in [0.29, 0.717) is 0 Å². The van der Waals surface area contributed by atoms with Crippen molar-refractivity contribution < 1.29 is 24.6 Å². The normalized spacial score (nSPS) is 29.3. The number of aliphatic hydroxyl groups excluding tert-OH is 3. The Morgan fingerprint density at radius 3 is 2.86 bits per heavy atom. The first-order valence-corrected chi connectivity index (χ1v) is 6.32. The van der Waals surface area contributed by atoms with Crippen LogP contribution in [-0.4, -0.2) is 54.8 Å². The number of ether oxygens (including phenoxy) is 1. The Bertz CT molecular complexity index is 740. The quantitative estimate of drug-likeness (QED) is 0.365. The summed E-state index contributed by atoms with van der Waals surface area (Å²) < 4.78 is 8.35. The molecule has 0 saturated carbocycles. The van der Waals surface area contributed by atoms with Gasteiger partial charge in [0, 0.05) is 0 Å². The molecule has 1 aliphatic rings. The molecule has 0 amide bonds. The fourth-order valence-electron chi connectivity index (χ4n) is 2.57. The zero-order chi connectivity index (χ0) is 15.3. The van der Waals surface area contributed by atoms with E-state index in [2.05, 4.69) is 9.97 Å². The van der Waals surface area contributed by atoms with Crippen LogP contribution in [0.15, 0.2) is 11.1 Å². The van der Waals surface area contributed by atoms with Crippen molar-refractivity contribution in [3.63, 3.8) is 0 Å². The van der Waals surface area contributed by atoms with Crippen LogP contribution < -0.4 is 15.9 Å². The Balaban J connectivity index is 2.16. The summed E-state index contributed by atoms with van der Waals surface area (Å²) in [5.41, 5.74) is 5.58. The molecule has 21 heavy (non-hydrogen) atoms. The molecule has 2 aromatic heterocycles. The van der Waals surface area contributed by atoms with Gasteiger partial charge in [-0.2, -0.15) is 0 Å².